The summed E-state index contributed by atoms with van der Waals surface area (Å²) in [4.78, 5) is 13.7. The fraction of sp³-hybridized carbons (Fsp3) is 0.360. The van der Waals surface area contributed by atoms with E-state index in [1.807, 2.05) is 24.3 Å². The molecule has 2 atom stereocenters. The smallest absolute Gasteiger partial charge is 0.220 e. The van der Waals surface area contributed by atoms with Gasteiger partial charge in [0.05, 0.1) is 11.4 Å². The Morgan fingerprint density at radius 3 is 2.78 bits per heavy atom. The van der Waals surface area contributed by atoms with Crippen LogP contribution in [-0.2, 0) is 23.5 Å². The first kappa shape index (κ1) is 22.6. The second-order valence-corrected chi connectivity index (χ2v) is 9.26. The van der Waals surface area contributed by atoms with Gasteiger partial charge in [-0.05, 0) is 67.6 Å². The second-order valence-electron chi connectivity index (χ2n) is 8.21. The van der Waals surface area contributed by atoms with E-state index in [4.69, 9.17) is 4.52 Å². The Bertz CT molecular complexity index is 994. The minimum atomic E-state index is -0.271. The van der Waals surface area contributed by atoms with Gasteiger partial charge >= 0.3 is 0 Å². The molecule has 0 unspecified atom stereocenters. The Balaban J connectivity index is 1.27. The summed E-state index contributed by atoms with van der Waals surface area (Å²) in [5.41, 5.74) is 1.84. The van der Waals surface area contributed by atoms with Gasteiger partial charge in [-0.25, -0.2) is 4.39 Å². The number of carbonyl (C=O) groups is 1. The van der Waals surface area contributed by atoms with Gasteiger partial charge in [-0.3, -0.25) is 4.79 Å². The zero-order valence-corrected chi connectivity index (χ0v) is 18.7. The molecule has 2 N–H and O–H groups in total. The zero-order chi connectivity index (χ0) is 22.2. The Hall–Kier alpha value is -2.64. The molecule has 1 aliphatic rings. The Morgan fingerprint density at radius 2 is 1.97 bits per heavy atom. The second kappa shape index (κ2) is 11.3. The molecule has 1 aromatic heterocycles. The number of benzene rings is 2. The molecule has 0 spiro atoms. The summed E-state index contributed by atoms with van der Waals surface area (Å²) in [5, 5.41) is 10.7. The van der Waals surface area contributed by atoms with Gasteiger partial charge in [-0.1, -0.05) is 35.5 Å². The van der Waals surface area contributed by atoms with Crippen molar-refractivity contribution in [2.45, 2.75) is 36.5 Å². The lowest BCUT2D eigenvalue weighted by Crippen LogP contribution is -2.40. The van der Waals surface area contributed by atoms with Crippen molar-refractivity contribution in [2.75, 3.05) is 13.1 Å². The topological polar surface area (TPSA) is 67.2 Å². The number of amides is 1. The zero-order valence-electron chi connectivity index (χ0n) is 17.9. The van der Waals surface area contributed by atoms with E-state index in [-0.39, 0.29) is 11.7 Å². The third-order valence-electron chi connectivity index (χ3n) is 5.82. The van der Waals surface area contributed by atoms with Crippen molar-refractivity contribution in [1.82, 2.24) is 15.8 Å². The highest BCUT2D eigenvalue weighted by Crippen LogP contribution is 2.27. The van der Waals surface area contributed by atoms with E-state index in [0.29, 0.717) is 24.8 Å². The normalized spacial score (nSPS) is 18.4. The van der Waals surface area contributed by atoms with Crippen molar-refractivity contribution in [3.63, 3.8) is 0 Å². The monoisotopic (exact) mass is 453 g/mol. The first-order valence-corrected chi connectivity index (χ1v) is 12.0. The van der Waals surface area contributed by atoms with Crippen molar-refractivity contribution in [1.29, 1.82) is 0 Å². The molecule has 1 amide bonds. The summed E-state index contributed by atoms with van der Waals surface area (Å²) in [5.74, 6) is 2.00. The van der Waals surface area contributed by atoms with Gasteiger partial charge in [0.2, 0.25) is 5.91 Å². The lowest BCUT2D eigenvalue weighted by molar-refractivity contribution is -0.122. The van der Waals surface area contributed by atoms with E-state index in [1.165, 1.54) is 17.0 Å². The predicted octanol–water partition coefficient (Wildman–Crippen LogP) is 4.58. The van der Waals surface area contributed by atoms with E-state index >= 15 is 0 Å². The van der Waals surface area contributed by atoms with Gasteiger partial charge < -0.3 is 15.2 Å². The lowest BCUT2D eigenvalue weighted by atomic mass is 9.81. The molecule has 0 saturated carbocycles. The number of hydrogen-bond donors (Lipinski definition) is 2. The quantitative estimate of drug-likeness (QED) is 0.464. The molecule has 4 rings (SSSR count). The van der Waals surface area contributed by atoms with E-state index in [9.17, 15) is 9.18 Å². The molecule has 2 aromatic carbocycles. The Kier molecular flexibility index (Phi) is 7.96. The molecular weight excluding hydrogens is 425 g/mol. The van der Waals surface area contributed by atoms with Gasteiger partial charge in [0.15, 0.2) is 0 Å². The van der Waals surface area contributed by atoms with Crippen LogP contribution in [0.15, 0.2) is 70.1 Å². The molecule has 7 heteroatoms. The summed E-state index contributed by atoms with van der Waals surface area (Å²) in [6.45, 7) is 2.21. The average molecular weight is 454 g/mol. The lowest BCUT2D eigenvalue weighted by Gasteiger charge is -2.31. The fourth-order valence-electron chi connectivity index (χ4n) is 4.06. The van der Waals surface area contributed by atoms with Crippen molar-refractivity contribution in [2.24, 2.45) is 11.8 Å². The van der Waals surface area contributed by atoms with Crippen molar-refractivity contribution < 1.29 is 13.7 Å². The van der Waals surface area contributed by atoms with E-state index in [2.05, 4.69) is 27.9 Å². The maximum absolute atomic E-state index is 13.0. The fourth-order valence-corrected chi connectivity index (χ4v) is 4.85. The first-order valence-electron chi connectivity index (χ1n) is 11.0. The van der Waals surface area contributed by atoms with E-state index in [0.717, 1.165) is 48.7 Å². The van der Waals surface area contributed by atoms with Gasteiger partial charge in [0.1, 0.15) is 11.6 Å². The molecule has 0 aliphatic carbocycles. The standard InChI is InChI=1S/C25H28FN3O2S/c26-21-8-6-18(7-9-21)15-28-25(30)13-19-10-11-27-16-20(19)12-22-14-23(31-29-22)17-32-24-4-2-1-3-5-24/h1-9,14,19-20,27H,10-13,15-17H2,(H,28,30)/t19-,20-/m0/s1. The number of nitrogens with zero attached hydrogens (tertiary/aromatic N) is 1. The Labute approximate surface area is 192 Å². The summed E-state index contributed by atoms with van der Waals surface area (Å²) in [6, 6.07) is 18.5. The molecule has 3 aromatic rings. The van der Waals surface area contributed by atoms with Crippen LogP contribution in [0.3, 0.4) is 0 Å². The van der Waals surface area contributed by atoms with Crippen LogP contribution in [0.4, 0.5) is 4.39 Å². The molecule has 1 fully saturated rings. The molecular formula is C25H28FN3O2S. The average Bonchev–Trinajstić information content (AvgIpc) is 3.27. The highest BCUT2D eigenvalue weighted by molar-refractivity contribution is 7.98. The summed E-state index contributed by atoms with van der Waals surface area (Å²) < 4.78 is 18.6. The minimum absolute atomic E-state index is 0.0336. The highest BCUT2D eigenvalue weighted by Gasteiger charge is 2.28. The molecule has 0 bridgehead atoms. The van der Waals surface area contributed by atoms with Crippen molar-refractivity contribution >= 4 is 17.7 Å². The third-order valence-corrected chi connectivity index (χ3v) is 6.85. The van der Waals surface area contributed by atoms with Gasteiger partial charge in [0, 0.05) is 23.9 Å². The van der Waals surface area contributed by atoms with Gasteiger partial charge in [-0.15, -0.1) is 11.8 Å². The molecule has 2 heterocycles. The summed E-state index contributed by atoms with van der Waals surface area (Å²) in [6.07, 6.45) is 2.24. The van der Waals surface area contributed by atoms with Gasteiger partial charge in [-0.2, -0.15) is 0 Å². The van der Waals surface area contributed by atoms with Crippen molar-refractivity contribution in [3.8, 4) is 0 Å². The van der Waals surface area contributed by atoms with Crippen LogP contribution >= 0.6 is 11.8 Å². The molecule has 0 radical (unpaired) electrons. The van der Waals surface area contributed by atoms with Crippen LogP contribution in [0.2, 0.25) is 0 Å². The molecule has 168 valence electrons. The minimum Gasteiger partial charge on any atom is -0.360 e. The molecule has 5 nitrogen and oxygen atoms in total. The van der Waals surface area contributed by atoms with E-state index < -0.39 is 0 Å². The maximum atomic E-state index is 13.0. The SMILES string of the molecule is O=C(C[C@@H]1CCNC[C@@H]1Cc1cc(CSc2ccccc2)on1)NCc1ccc(F)cc1. The summed E-state index contributed by atoms with van der Waals surface area (Å²) in [7, 11) is 0. The van der Waals surface area contributed by atoms with Crippen LogP contribution in [0.5, 0.6) is 0 Å². The number of halogens is 1. The molecule has 1 saturated heterocycles. The molecule has 32 heavy (non-hydrogen) atoms. The largest absolute Gasteiger partial charge is 0.360 e. The first-order chi connectivity index (χ1) is 15.7. The van der Waals surface area contributed by atoms with Crippen molar-refractivity contribution in [3.05, 3.63) is 83.5 Å². The van der Waals surface area contributed by atoms with E-state index in [1.54, 1.807) is 23.9 Å². The van der Waals surface area contributed by atoms with Crippen LogP contribution in [0, 0.1) is 17.7 Å². The van der Waals surface area contributed by atoms with Gasteiger partial charge in [0.25, 0.3) is 0 Å². The Morgan fingerprint density at radius 1 is 1.16 bits per heavy atom. The number of hydrogen-bond acceptors (Lipinski definition) is 5. The number of rotatable bonds is 9. The van der Waals surface area contributed by atoms with Crippen LogP contribution in [-0.4, -0.2) is 24.2 Å². The number of aromatic nitrogens is 1. The number of piperidine rings is 1. The van der Waals surface area contributed by atoms with Crippen LogP contribution < -0.4 is 10.6 Å². The maximum Gasteiger partial charge on any atom is 0.220 e. The molecule has 1 aliphatic heterocycles. The highest BCUT2D eigenvalue weighted by atomic mass is 32.2. The number of thioether (sulfide) groups is 1. The predicted molar refractivity (Wildman–Crippen MR) is 124 cm³/mol. The van der Waals surface area contributed by atoms with Crippen LogP contribution in [0.1, 0.15) is 29.9 Å². The number of nitrogens with one attached hydrogen (secondary N) is 2. The number of carbonyl (C=O) groups excluding carboxylic acids is 1. The van der Waals surface area contributed by atoms with Crippen LogP contribution in [0.25, 0.3) is 0 Å². The summed E-state index contributed by atoms with van der Waals surface area (Å²) >= 11 is 1.73. The third kappa shape index (κ3) is 6.68.